The number of benzene rings is 2. The number of hydrogen-bond acceptors (Lipinski definition) is 4. The number of ether oxygens (including phenoxy) is 2. The zero-order valence-corrected chi connectivity index (χ0v) is 24.2. The molecule has 4 aromatic rings. The van der Waals surface area contributed by atoms with Crippen LogP contribution in [0.3, 0.4) is 0 Å². The fourth-order valence-electron chi connectivity index (χ4n) is 6.41. The summed E-state index contributed by atoms with van der Waals surface area (Å²) in [4.78, 5) is 6.99. The molecule has 2 atom stereocenters. The molecule has 7 heteroatoms. The number of nitrogens with zero attached hydrogens (tertiary/aromatic N) is 3. The van der Waals surface area contributed by atoms with Gasteiger partial charge in [-0.05, 0) is 111 Å². The molecule has 1 aliphatic heterocycles. The van der Waals surface area contributed by atoms with E-state index in [1.807, 2.05) is 54.7 Å². The summed E-state index contributed by atoms with van der Waals surface area (Å²) in [5.41, 5.74) is 5.95. The van der Waals surface area contributed by atoms with Crippen LogP contribution in [-0.2, 0) is 0 Å². The maximum absolute atomic E-state index is 6.09. The number of methoxy groups -OCH3 is 1. The number of hydrogen-bond donors (Lipinski definition) is 1. The van der Waals surface area contributed by atoms with Gasteiger partial charge in [-0.25, -0.2) is 0 Å². The lowest BCUT2D eigenvalue weighted by Gasteiger charge is -2.30. The van der Waals surface area contributed by atoms with Gasteiger partial charge in [0, 0.05) is 29.3 Å². The third-order valence-electron chi connectivity index (χ3n) is 8.29. The van der Waals surface area contributed by atoms with Gasteiger partial charge in [-0.1, -0.05) is 25.3 Å². The van der Waals surface area contributed by atoms with E-state index in [4.69, 9.17) is 26.7 Å². The van der Waals surface area contributed by atoms with E-state index < -0.39 is 0 Å². The standard InChI is InChI=1S/C33H36N4O2S/c1-22-21-29(23(2)36(22)24-9-5-4-6-10-24)32-31(30-11-7-8-20-34-30)35-33(40)37(32)25-12-14-27(15-13-25)39-28-18-16-26(38-3)17-19-28/h7-8,11-21,24,31-32H,4-6,9-10H2,1-3H3,(H,35,40)/t31-,32+/m0/s1. The molecular weight excluding hydrogens is 516 g/mol. The first kappa shape index (κ1) is 26.4. The van der Waals surface area contributed by atoms with E-state index in [1.165, 1.54) is 49.1 Å². The Morgan fingerprint density at radius 3 is 2.20 bits per heavy atom. The molecule has 6 rings (SSSR count). The zero-order chi connectivity index (χ0) is 27.6. The number of rotatable bonds is 7. The first-order valence-corrected chi connectivity index (χ1v) is 14.6. The van der Waals surface area contributed by atoms with Gasteiger partial charge < -0.3 is 24.3 Å². The van der Waals surface area contributed by atoms with E-state index in [0.29, 0.717) is 11.2 Å². The summed E-state index contributed by atoms with van der Waals surface area (Å²) >= 11 is 5.98. The minimum atomic E-state index is -0.0655. The largest absolute Gasteiger partial charge is 0.497 e. The van der Waals surface area contributed by atoms with Gasteiger partial charge in [0.25, 0.3) is 0 Å². The molecule has 1 saturated heterocycles. The third-order valence-corrected chi connectivity index (χ3v) is 8.60. The number of nitrogens with one attached hydrogen (secondary N) is 1. The minimum Gasteiger partial charge on any atom is -0.497 e. The van der Waals surface area contributed by atoms with Crippen LogP contribution in [0.15, 0.2) is 79.0 Å². The van der Waals surface area contributed by atoms with Gasteiger partial charge in [-0.3, -0.25) is 4.98 Å². The molecule has 0 bridgehead atoms. The highest BCUT2D eigenvalue weighted by Gasteiger charge is 2.42. The summed E-state index contributed by atoms with van der Waals surface area (Å²) < 4.78 is 13.9. The smallest absolute Gasteiger partial charge is 0.174 e. The molecule has 2 fully saturated rings. The van der Waals surface area contributed by atoms with Gasteiger partial charge >= 0.3 is 0 Å². The summed E-state index contributed by atoms with van der Waals surface area (Å²) in [5.74, 6) is 2.32. The molecule has 3 heterocycles. The van der Waals surface area contributed by atoms with E-state index >= 15 is 0 Å². The van der Waals surface area contributed by atoms with Gasteiger partial charge in [0.2, 0.25) is 0 Å². The third kappa shape index (κ3) is 5.06. The second-order valence-corrected chi connectivity index (χ2v) is 11.1. The average Bonchev–Trinajstić information content (AvgIpc) is 3.49. The lowest BCUT2D eigenvalue weighted by molar-refractivity contribution is 0.345. The Bertz CT molecular complexity index is 1460. The molecule has 1 saturated carbocycles. The first-order valence-electron chi connectivity index (χ1n) is 14.1. The molecule has 0 amide bonds. The van der Waals surface area contributed by atoms with Gasteiger partial charge in [0.15, 0.2) is 5.11 Å². The Morgan fingerprint density at radius 1 is 0.875 bits per heavy atom. The number of thiocarbonyl (C=S) groups is 1. The van der Waals surface area contributed by atoms with Crippen molar-refractivity contribution in [1.29, 1.82) is 0 Å². The van der Waals surface area contributed by atoms with Crippen LogP contribution in [0.2, 0.25) is 0 Å². The summed E-state index contributed by atoms with van der Waals surface area (Å²) in [6.07, 6.45) is 8.31. The van der Waals surface area contributed by atoms with E-state index in [-0.39, 0.29) is 12.1 Å². The lowest BCUT2D eigenvalue weighted by Crippen LogP contribution is -2.29. The van der Waals surface area contributed by atoms with Crippen molar-refractivity contribution in [2.45, 2.75) is 64.1 Å². The minimum absolute atomic E-state index is 0.0284. The summed E-state index contributed by atoms with van der Waals surface area (Å²) in [6, 6.07) is 24.7. The predicted molar refractivity (Wildman–Crippen MR) is 163 cm³/mol. The second kappa shape index (κ2) is 11.3. The number of anilines is 1. The molecule has 1 N–H and O–H groups in total. The monoisotopic (exact) mass is 552 g/mol. The van der Waals surface area contributed by atoms with Crippen molar-refractivity contribution >= 4 is 23.0 Å². The Morgan fingerprint density at radius 2 is 1.55 bits per heavy atom. The number of pyridine rings is 1. The maximum atomic E-state index is 6.09. The van der Waals surface area contributed by atoms with Crippen LogP contribution < -0.4 is 19.7 Å². The van der Waals surface area contributed by atoms with Crippen molar-refractivity contribution in [2.75, 3.05) is 12.0 Å². The van der Waals surface area contributed by atoms with Gasteiger partial charge in [-0.15, -0.1) is 0 Å². The second-order valence-electron chi connectivity index (χ2n) is 10.8. The molecule has 6 nitrogen and oxygen atoms in total. The summed E-state index contributed by atoms with van der Waals surface area (Å²) in [7, 11) is 1.66. The van der Waals surface area contributed by atoms with E-state index in [9.17, 15) is 0 Å². The molecule has 206 valence electrons. The van der Waals surface area contributed by atoms with Gasteiger partial charge in [-0.2, -0.15) is 0 Å². The molecule has 0 spiro atoms. The molecular formula is C33H36N4O2S. The Hall–Kier alpha value is -3.84. The molecule has 2 aliphatic rings. The summed E-state index contributed by atoms with van der Waals surface area (Å²) in [5, 5.41) is 4.31. The topological polar surface area (TPSA) is 51.6 Å². The quantitative estimate of drug-likeness (QED) is 0.235. The molecule has 0 unspecified atom stereocenters. The SMILES string of the molecule is COc1ccc(Oc2ccc(N3C(=S)N[C@@H](c4ccccn4)[C@H]3c3cc(C)n(C4CCCCC4)c3C)cc2)cc1. The Balaban J connectivity index is 1.35. The van der Waals surface area contributed by atoms with E-state index in [2.05, 4.69) is 52.9 Å². The van der Waals surface area contributed by atoms with Gasteiger partial charge in [0.1, 0.15) is 17.2 Å². The van der Waals surface area contributed by atoms with Crippen LogP contribution in [0.5, 0.6) is 17.2 Å². The highest BCUT2D eigenvalue weighted by atomic mass is 32.1. The Labute approximate surface area is 242 Å². The van der Waals surface area contributed by atoms with Crippen LogP contribution >= 0.6 is 12.2 Å². The van der Waals surface area contributed by atoms with Crippen LogP contribution in [-0.4, -0.2) is 21.8 Å². The zero-order valence-electron chi connectivity index (χ0n) is 23.3. The Kier molecular flexibility index (Phi) is 7.48. The highest BCUT2D eigenvalue weighted by Crippen LogP contribution is 2.45. The molecule has 2 aromatic carbocycles. The van der Waals surface area contributed by atoms with Gasteiger partial charge in [0.05, 0.1) is 24.9 Å². The van der Waals surface area contributed by atoms with E-state index in [0.717, 1.165) is 28.6 Å². The lowest BCUT2D eigenvalue weighted by atomic mass is 9.94. The summed E-state index contributed by atoms with van der Waals surface area (Å²) in [6.45, 7) is 4.52. The average molecular weight is 553 g/mol. The van der Waals surface area contributed by atoms with Crippen molar-refractivity contribution < 1.29 is 9.47 Å². The molecule has 0 radical (unpaired) electrons. The van der Waals surface area contributed by atoms with Crippen molar-refractivity contribution in [2.24, 2.45) is 0 Å². The van der Waals surface area contributed by atoms with Crippen LogP contribution in [0.4, 0.5) is 5.69 Å². The van der Waals surface area contributed by atoms with E-state index in [1.54, 1.807) is 7.11 Å². The molecule has 40 heavy (non-hydrogen) atoms. The number of aromatic nitrogens is 2. The van der Waals surface area contributed by atoms with Crippen LogP contribution in [0, 0.1) is 13.8 Å². The highest BCUT2D eigenvalue weighted by molar-refractivity contribution is 7.80. The van der Waals surface area contributed by atoms with Crippen molar-refractivity contribution in [1.82, 2.24) is 14.9 Å². The maximum Gasteiger partial charge on any atom is 0.174 e. The van der Waals surface area contributed by atoms with Crippen molar-refractivity contribution in [3.05, 3.63) is 102 Å². The van der Waals surface area contributed by atoms with Crippen LogP contribution in [0.25, 0.3) is 0 Å². The number of aryl methyl sites for hydroxylation is 1. The van der Waals surface area contributed by atoms with Crippen LogP contribution in [0.1, 0.15) is 72.9 Å². The fourth-order valence-corrected chi connectivity index (χ4v) is 6.75. The van der Waals surface area contributed by atoms with Crippen molar-refractivity contribution in [3.63, 3.8) is 0 Å². The first-order chi connectivity index (χ1) is 19.5. The predicted octanol–water partition coefficient (Wildman–Crippen LogP) is 7.98. The molecule has 1 aliphatic carbocycles. The molecule has 2 aromatic heterocycles. The van der Waals surface area contributed by atoms with Crippen molar-refractivity contribution in [3.8, 4) is 17.2 Å². The fraction of sp³-hybridized carbons (Fsp3) is 0.333. The normalized spacial score (nSPS) is 19.5.